The summed E-state index contributed by atoms with van der Waals surface area (Å²) < 4.78 is 1.80. The average molecular weight is 321 g/mol. The number of aromatic nitrogens is 2. The van der Waals surface area contributed by atoms with Gasteiger partial charge in [-0.15, -0.1) is 0 Å². The van der Waals surface area contributed by atoms with Gasteiger partial charge in [0.1, 0.15) is 5.82 Å². The minimum absolute atomic E-state index is 0.196. The second-order valence-corrected chi connectivity index (χ2v) is 5.44. The quantitative estimate of drug-likeness (QED) is 0.764. The number of hydrogen-bond acceptors (Lipinski definition) is 2. The Labute approximate surface area is 130 Å². The van der Waals surface area contributed by atoms with Crippen LogP contribution in [-0.4, -0.2) is 20.6 Å². The molecule has 1 aromatic heterocycles. The molecule has 0 saturated carbocycles. The van der Waals surface area contributed by atoms with Crippen LogP contribution in [0.2, 0.25) is 10.0 Å². The Morgan fingerprint density at radius 2 is 1.95 bits per heavy atom. The highest BCUT2D eigenvalue weighted by Gasteiger charge is 2.14. The van der Waals surface area contributed by atoms with E-state index in [4.69, 9.17) is 28.3 Å². The Balaban J connectivity index is 2.35. The monoisotopic (exact) mass is 320 g/mol. The molecule has 106 valence electrons. The smallest absolute Gasteiger partial charge is 0.335 e. The molecule has 0 aliphatic heterocycles. The number of hydrogen-bond donors (Lipinski definition) is 1. The van der Waals surface area contributed by atoms with E-state index in [1.54, 1.807) is 34.9 Å². The molecule has 0 bridgehead atoms. The number of halogens is 2. The lowest BCUT2D eigenvalue weighted by Crippen LogP contribution is -2.00. The first-order valence-electron chi connectivity index (χ1n) is 6.15. The number of imidazole rings is 1. The van der Waals surface area contributed by atoms with Gasteiger partial charge < -0.3 is 5.11 Å². The van der Waals surface area contributed by atoms with Gasteiger partial charge in [-0.2, -0.15) is 0 Å². The van der Waals surface area contributed by atoms with Crippen molar-refractivity contribution < 1.29 is 9.90 Å². The number of benzene rings is 2. The van der Waals surface area contributed by atoms with E-state index in [-0.39, 0.29) is 5.56 Å². The van der Waals surface area contributed by atoms with Crippen molar-refractivity contribution in [3.05, 3.63) is 57.8 Å². The van der Waals surface area contributed by atoms with E-state index in [2.05, 4.69) is 4.98 Å². The molecule has 1 N–H and O–H groups in total. The topological polar surface area (TPSA) is 55.1 Å². The predicted octanol–water partition coefficient (Wildman–Crippen LogP) is 4.34. The fraction of sp³-hybridized carbons (Fsp3) is 0.0667. The molecule has 0 atom stereocenters. The first-order valence-corrected chi connectivity index (χ1v) is 6.91. The maximum Gasteiger partial charge on any atom is 0.335 e. The maximum absolute atomic E-state index is 11.1. The van der Waals surface area contributed by atoms with Crippen LogP contribution >= 0.6 is 23.2 Å². The Bertz CT molecular complexity index is 871. The van der Waals surface area contributed by atoms with Crippen molar-refractivity contribution >= 4 is 40.2 Å². The van der Waals surface area contributed by atoms with Gasteiger partial charge in [0, 0.05) is 5.02 Å². The summed E-state index contributed by atoms with van der Waals surface area (Å²) in [5, 5.41) is 10.2. The highest BCUT2D eigenvalue weighted by Crippen LogP contribution is 2.29. The van der Waals surface area contributed by atoms with Gasteiger partial charge in [-0.3, -0.25) is 4.57 Å². The van der Waals surface area contributed by atoms with Gasteiger partial charge in [0.15, 0.2) is 0 Å². The third-order valence-corrected chi connectivity index (χ3v) is 3.77. The van der Waals surface area contributed by atoms with Gasteiger partial charge in [0.2, 0.25) is 0 Å². The van der Waals surface area contributed by atoms with Crippen molar-refractivity contribution in [2.45, 2.75) is 6.92 Å². The zero-order valence-corrected chi connectivity index (χ0v) is 12.5. The number of rotatable bonds is 2. The standard InChI is InChI=1S/C15H10Cl2N2O2/c1-8-18-12-5-2-9(15(20)21)6-14(12)19(8)13-7-10(16)3-4-11(13)17/h2-7H,1H3,(H,20,21). The Kier molecular flexibility index (Phi) is 3.35. The van der Waals surface area contributed by atoms with Gasteiger partial charge in [-0.1, -0.05) is 23.2 Å². The van der Waals surface area contributed by atoms with Crippen LogP contribution in [0.1, 0.15) is 16.2 Å². The molecule has 3 rings (SSSR count). The van der Waals surface area contributed by atoms with Crippen molar-refractivity contribution in [2.75, 3.05) is 0 Å². The largest absolute Gasteiger partial charge is 0.478 e. The molecule has 0 aliphatic rings. The van der Waals surface area contributed by atoms with E-state index in [9.17, 15) is 4.79 Å². The van der Waals surface area contributed by atoms with E-state index in [1.165, 1.54) is 6.07 Å². The first-order chi connectivity index (χ1) is 9.97. The minimum atomic E-state index is -0.987. The summed E-state index contributed by atoms with van der Waals surface area (Å²) in [4.78, 5) is 15.6. The normalized spacial score (nSPS) is 11.0. The van der Waals surface area contributed by atoms with Crippen molar-refractivity contribution in [3.8, 4) is 5.69 Å². The van der Waals surface area contributed by atoms with Crippen LogP contribution in [-0.2, 0) is 0 Å². The van der Waals surface area contributed by atoms with Crippen LogP contribution in [0.3, 0.4) is 0 Å². The lowest BCUT2D eigenvalue weighted by molar-refractivity contribution is 0.0697. The molecule has 0 unspecified atom stereocenters. The van der Waals surface area contributed by atoms with E-state index in [0.29, 0.717) is 32.6 Å². The maximum atomic E-state index is 11.1. The van der Waals surface area contributed by atoms with Crippen LogP contribution in [0.25, 0.3) is 16.7 Å². The zero-order valence-electron chi connectivity index (χ0n) is 11.0. The summed E-state index contributed by atoms with van der Waals surface area (Å²) in [5.41, 5.74) is 2.25. The van der Waals surface area contributed by atoms with Gasteiger partial charge in [-0.05, 0) is 43.3 Å². The van der Waals surface area contributed by atoms with Gasteiger partial charge in [0.25, 0.3) is 0 Å². The number of carboxylic acids is 1. The van der Waals surface area contributed by atoms with Crippen LogP contribution < -0.4 is 0 Å². The highest BCUT2D eigenvalue weighted by molar-refractivity contribution is 6.34. The molecular weight excluding hydrogens is 311 g/mol. The number of carboxylic acid groups (broad SMARTS) is 1. The van der Waals surface area contributed by atoms with Crippen LogP contribution in [0.15, 0.2) is 36.4 Å². The molecule has 3 aromatic rings. The molecule has 6 heteroatoms. The van der Waals surface area contributed by atoms with Crippen LogP contribution in [0.5, 0.6) is 0 Å². The third kappa shape index (κ3) is 2.37. The number of fused-ring (bicyclic) bond motifs is 1. The number of carbonyl (C=O) groups is 1. The lowest BCUT2D eigenvalue weighted by atomic mass is 10.2. The average Bonchev–Trinajstić information content (AvgIpc) is 2.76. The second-order valence-electron chi connectivity index (χ2n) is 4.60. The zero-order chi connectivity index (χ0) is 15.1. The summed E-state index contributed by atoms with van der Waals surface area (Å²) in [7, 11) is 0. The Morgan fingerprint density at radius 1 is 1.19 bits per heavy atom. The molecule has 0 spiro atoms. The predicted molar refractivity (Wildman–Crippen MR) is 82.8 cm³/mol. The van der Waals surface area contributed by atoms with E-state index in [1.807, 2.05) is 6.92 Å². The molecule has 4 nitrogen and oxygen atoms in total. The third-order valence-electron chi connectivity index (χ3n) is 3.22. The molecule has 0 fully saturated rings. The van der Waals surface area contributed by atoms with Crippen molar-refractivity contribution in [3.63, 3.8) is 0 Å². The molecule has 2 aromatic carbocycles. The first kappa shape index (κ1) is 13.9. The Hall–Kier alpha value is -2.04. The number of aromatic carboxylic acids is 1. The SMILES string of the molecule is Cc1nc2ccc(C(=O)O)cc2n1-c1cc(Cl)ccc1Cl. The summed E-state index contributed by atoms with van der Waals surface area (Å²) in [6.07, 6.45) is 0. The van der Waals surface area contributed by atoms with Crippen molar-refractivity contribution in [1.82, 2.24) is 9.55 Å². The van der Waals surface area contributed by atoms with Gasteiger partial charge in [-0.25, -0.2) is 9.78 Å². The van der Waals surface area contributed by atoms with Crippen molar-refractivity contribution in [1.29, 1.82) is 0 Å². The lowest BCUT2D eigenvalue weighted by Gasteiger charge is -2.10. The summed E-state index contributed by atoms with van der Waals surface area (Å²) in [6.45, 7) is 1.83. The fourth-order valence-corrected chi connectivity index (χ4v) is 2.66. The van der Waals surface area contributed by atoms with Crippen molar-refractivity contribution in [2.24, 2.45) is 0 Å². The summed E-state index contributed by atoms with van der Waals surface area (Å²) in [5.74, 6) is -0.281. The Morgan fingerprint density at radius 3 is 2.67 bits per heavy atom. The highest BCUT2D eigenvalue weighted by atomic mass is 35.5. The molecule has 21 heavy (non-hydrogen) atoms. The van der Waals surface area contributed by atoms with E-state index < -0.39 is 5.97 Å². The number of nitrogens with zero attached hydrogens (tertiary/aromatic N) is 2. The fourth-order valence-electron chi connectivity index (χ4n) is 2.29. The molecule has 1 heterocycles. The van der Waals surface area contributed by atoms with Gasteiger partial charge >= 0.3 is 5.97 Å². The summed E-state index contributed by atoms with van der Waals surface area (Å²) >= 11 is 12.3. The van der Waals surface area contributed by atoms with E-state index >= 15 is 0 Å². The van der Waals surface area contributed by atoms with Crippen LogP contribution in [0, 0.1) is 6.92 Å². The molecule has 0 radical (unpaired) electrons. The number of aryl methyl sites for hydroxylation is 1. The molecule has 0 aliphatic carbocycles. The second kappa shape index (κ2) is 5.06. The van der Waals surface area contributed by atoms with E-state index in [0.717, 1.165) is 0 Å². The molecular formula is C15H10Cl2N2O2. The van der Waals surface area contributed by atoms with Gasteiger partial charge in [0.05, 0.1) is 27.3 Å². The minimum Gasteiger partial charge on any atom is -0.478 e. The molecule has 0 saturated heterocycles. The summed E-state index contributed by atoms with van der Waals surface area (Å²) in [6, 6.07) is 9.91. The molecule has 0 amide bonds. The van der Waals surface area contributed by atoms with Crippen LogP contribution in [0.4, 0.5) is 0 Å².